The van der Waals surface area contributed by atoms with Crippen LogP contribution >= 0.6 is 0 Å². The number of carbonyl (C=O) groups is 1. The van der Waals surface area contributed by atoms with Crippen molar-refractivity contribution in [3.63, 3.8) is 0 Å². The van der Waals surface area contributed by atoms with E-state index in [0.717, 1.165) is 48.4 Å². The lowest BCUT2D eigenvalue weighted by Gasteiger charge is -2.17. The zero-order valence-electron chi connectivity index (χ0n) is 15.6. The van der Waals surface area contributed by atoms with Gasteiger partial charge in [-0.2, -0.15) is 0 Å². The normalized spacial score (nSPS) is 13.9. The minimum absolute atomic E-state index is 0.136. The first kappa shape index (κ1) is 17.4. The number of amides is 1. The Balaban J connectivity index is 1.79. The van der Waals surface area contributed by atoms with Gasteiger partial charge < -0.3 is 18.9 Å². The van der Waals surface area contributed by atoms with Gasteiger partial charge in [-0.1, -0.05) is 12.1 Å². The van der Waals surface area contributed by atoms with E-state index in [4.69, 9.17) is 14.5 Å². The zero-order chi connectivity index (χ0) is 18.8. The van der Waals surface area contributed by atoms with E-state index in [1.54, 1.807) is 14.2 Å². The highest BCUT2D eigenvalue weighted by molar-refractivity contribution is 5.85. The third-order valence-corrected chi connectivity index (χ3v) is 5.05. The van der Waals surface area contributed by atoms with E-state index in [9.17, 15) is 4.79 Å². The predicted octanol–water partition coefficient (Wildman–Crippen LogP) is 3.34. The fourth-order valence-corrected chi connectivity index (χ4v) is 3.63. The molecule has 0 radical (unpaired) electrons. The standard InChI is InChI=1S/C21H23N3O3/c1-26-18-10-9-15(13-19(18)27-2)21-22-16-7-3-4-8-17(16)24(21)14-20(25)23-11-5-6-12-23/h3-4,7-10,13H,5-6,11-12,14H2,1-2H3. The minimum atomic E-state index is 0.136. The predicted molar refractivity (Wildman–Crippen MR) is 104 cm³/mol. The number of hydrogen-bond donors (Lipinski definition) is 0. The van der Waals surface area contributed by atoms with E-state index in [2.05, 4.69) is 0 Å². The van der Waals surface area contributed by atoms with Gasteiger partial charge in [0, 0.05) is 18.7 Å². The Morgan fingerprint density at radius 3 is 2.52 bits per heavy atom. The number of aromatic nitrogens is 2. The van der Waals surface area contributed by atoms with Crippen LogP contribution in [0, 0.1) is 0 Å². The van der Waals surface area contributed by atoms with E-state index >= 15 is 0 Å². The Morgan fingerprint density at radius 1 is 1.04 bits per heavy atom. The molecule has 1 amide bonds. The summed E-state index contributed by atoms with van der Waals surface area (Å²) < 4.78 is 12.8. The summed E-state index contributed by atoms with van der Waals surface area (Å²) in [6, 6.07) is 13.6. The van der Waals surface area contributed by atoms with Crippen LogP contribution in [0.1, 0.15) is 12.8 Å². The van der Waals surface area contributed by atoms with Gasteiger partial charge in [-0.25, -0.2) is 4.98 Å². The van der Waals surface area contributed by atoms with Crippen LogP contribution in [0.5, 0.6) is 11.5 Å². The second kappa shape index (κ2) is 7.31. The molecule has 6 heteroatoms. The molecule has 0 bridgehead atoms. The summed E-state index contributed by atoms with van der Waals surface area (Å²) in [5, 5.41) is 0. The number of imidazole rings is 1. The first-order valence-corrected chi connectivity index (χ1v) is 9.16. The van der Waals surface area contributed by atoms with Crippen molar-refractivity contribution in [1.82, 2.24) is 14.5 Å². The van der Waals surface area contributed by atoms with Crippen molar-refractivity contribution in [2.75, 3.05) is 27.3 Å². The molecule has 2 heterocycles. The lowest BCUT2D eigenvalue weighted by Crippen LogP contribution is -2.31. The van der Waals surface area contributed by atoms with Crippen LogP contribution in [0.3, 0.4) is 0 Å². The van der Waals surface area contributed by atoms with E-state index < -0.39 is 0 Å². The lowest BCUT2D eigenvalue weighted by molar-refractivity contribution is -0.130. The van der Waals surface area contributed by atoms with Crippen molar-refractivity contribution in [3.05, 3.63) is 42.5 Å². The van der Waals surface area contributed by atoms with Gasteiger partial charge in [0.15, 0.2) is 11.5 Å². The quantitative estimate of drug-likeness (QED) is 0.696. The number of carbonyl (C=O) groups excluding carboxylic acids is 1. The smallest absolute Gasteiger partial charge is 0.242 e. The summed E-state index contributed by atoms with van der Waals surface area (Å²) in [4.78, 5) is 19.5. The molecule has 4 rings (SSSR count). The molecule has 1 aromatic heterocycles. The average molecular weight is 365 g/mol. The largest absolute Gasteiger partial charge is 0.493 e. The highest BCUT2D eigenvalue weighted by Crippen LogP contribution is 2.33. The van der Waals surface area contributed by atoms with Gasteiger partial charge >= 0.3 is 0 Å². The van der Waals surface area contributed by atoms with Crippen LogP contribution in [-0.2, 0) is 11.3 Å². The molecular formula is C21H23N3O3. The average Bonchev–Trinajstić information content (AvgIpc) is 3.36. The number of likely N-dealkylation sites (tertiary alicyclic amines) is 1. The van der Waals surface area contributed by atoms with Crippen molar-refractivity contribution in [3.8, 4) is 22.9 Å². The number of hydrogen-bond acceptors (Lipinski definition) is 4. The van der Waals surface area contributed by atoms with Gasteiger partial charge in [0.25, 0.3) is 0 Å². The molecule has 140 valence electrons. The molecular weight excluding hydrogens is 342 g/mol. The van der Waals surface area contributed by atoms with E-state index in [1.165, 1.54) is 0 Å². The maximum Gasteiger partial charge on any atom is 0.242 e. The van der Waals surface area contributed by atoms with Gasteiger partial charge in [-0.15, -0.1) is 0 Å². The fraction of sp³-hybridized carbons (Fsp3) is 0.333. The van der Waals surface area contributed by atoms with Gasteiger partial charge in [0.05, 0.1) is 25.3 Å². The molecule has 27 heavy (non-hydrogen) atoms. The third kappa shape index (κ3) is 3.23. The molecule has 0 unspecified atom stereocenters. The van der Waals surface area contributed by atoms with Gasteiger partial charge in [-0.3, -0.25) is 4.79 Å². The Labute approximate surface area is 158 Å². The summed E-state index contributed by atoms with van der Waals surface area (Å²) >= 11 is 0. The van der Waals surface area contributed by atoms with Crippen LogP contribution in [0.2, 0.25) is 0 Å². The van der Waals surface area contributed by atoms with E-state index in [0.29, 0.717) is 11.5 Å². The number of rotatable bonds is 5. The summed E-state index contributed by atoms with van der Waals surface area (Å²) in [7, 11) is 3.23. The van der Waals surface area contributed by atoms with Gasteiger partial charge in [0.1, 0.15) is 12.4 Å². The van der Waals surface area contributed by atoms with Crippen LogP contribution in [-0.4, -0.2) is 47.7 Å². The molecule has 0 saturated carbocycles. The second-order valence-corrected chi connectivity index (χ2v) is 6.67. The summed E-state index contributed by atoms with van der Waals surface area (Å²) in [6.45, 7) is 1.97. The Morgan fingerprint density at radius 2 is 1.78 bits per heavy atom. The highest BCUT2D eigenvalue weighted by Gasteiger charge is 2.22. The van der Waals surface area contributed by atoms with Crippen molar-refractivity contribution < 1.29 is 14.3 Å². The first-order chi connectivity index (χ1) is 13.2. The van der Waals surface area contributed by atoms with Crippen LogP contribution in [0.4, 0.5) is 0 Å². The molecule has 1 aliphatic heterocycles. The third-order valence-electron chi connectivity index (χ3n) is 5.05. The summed E-state index contributed by atoms with van der Waals surface area (Å²) in [5.41, 5.74) is 2.71. The van der Waals surface area contributed by atoms with E-state index in [-0.39, 0.29) is 12.5 Å². The van der Waals surface area contributed by atoms with Crippen LogP contribution < -0.4 is 9.47 Å². The molecule has 6 nitrogen and oxygen atoms in total. The zero-order valence-corrected chi connectivity index (χ0v) is 15.6. The van der Waals surface area contributed by atoms with Crippen molar-refractivity contribution in [2.45, 2.75) is 19.4 Å². The maximum atomic E-state index is 12.8. The number of fused-ring (bicyclic) bond motifs is 1. The van der Waals surface area contributed by atoms with Crippen LogP contribution in [0.25, 0.3) is 22.4 Å². The summed E-state index contributed by atoms with van der Waals surface area (Å²) in [6.07, 6.45) is 2.16. The molecule has 1 fully saturated rings. The molecule has 0 spiro atoms. The van der Waals surface area contributed by atoms with Crippen molar-refractivity contribution >= 4 is 16.9 Å². The maximum absolute atomic E-state index is 12.8. The number of ether oxygens (including phenoxy) is 2. The number of methoxy groups -OCH3 is 2. The summed E-state index contributed by atoms with van der Waals surface area (Å²) in [5.74, 6) is 2.19. The lowest BCUT2D eigenvalue weighted by atomic mass is 10.2. The molecule has 0 atom stereocenters. The van der Waals surface area contributed by atoms with E-state index in [1.807, 2.05) is 51.9 Å². The SMILES string of the molecule is COc1ccc(-c2nc3ccccc3n2CC(=O)N2CCCC2)cc1OC. The van der Waals surface area contributed by atoms with Crippen molar-refractivity contribution in [1.29, 1.82) is 0 Å². The molecule has 3 aromatic rings. The number of nitrogens with zero attached hydrogens (tertiary/aromatic N) is 3. The van der Waals surface area contributed by atoms with Gasteiger partial charge in [-0.05, 0) is 43.2 Å². The fourth-order valence-electron chi connectivity index (χ4n) is 3.63. The Bertz CT molecular complexity index is 974. The monoisotopic (exact) mass is 365 g/mol. The Hall–Kier alpha value is -3.02. The number of benzene rings is 2. The Kier molecular flexibility index (Phi) is 4.71. The van der Waals surface area contributed by atoms with Crippen LogP contribution in [0.15, 0.2) is 42.5 Å². The molecule has 1 saturated heterocycles. The molecule has 1 aliphatic rings. The molecule has 0 aliphatic carbocycles. The topological polar surface area (TPSA) is 56.6 Å². The van der Waals surface area contributed by atoms with Crippen molar-refractivity contribution in [2.24, 2.45) is 0 Å². The number of para-hydroxylation sites is 2. The second-order valence-electron chi connectivity index (χ2n) is 6.67. The minimum Gasteiger partial charge on any atom is -0.493 e. The molecule has 0 N–H and O–H groups in total. The molecule has 2 aromatic carbocycles. The highest BCUT2D eigenvalue weighted by atomic mass is 16.5. The van der Waals surface area contributed by atoms with Gasteiger partial charge in [0.2, 0.25) is 5.91 Å². The first-order valence-electron chi connectivity index (χ1n) is 9.16.